The lowest BCUT2D eigenvalue weighted by Gasteiger charge is -2.11. The largest absolute Gasteiger partial charge is 0.492 e. The quantitative estimate of drug-likeness (QED) is 0.412. The Labute approximate surface area is 192 Å². The summed E-state index contributed by atoms with van der Waals surface area (Å²) in [7, 11) is 0. The number of hydrogen-bond donors (Lipinski definition) is 1. The van der Waals surface area contributed by atoms with E-state index in [1.54, 1.807) is 6.07 Å². The van der Waals surface area contributed by atoms with Gasteiger partial charge in [0.2, 0.25) is 5.91 Å². The molecule has 0 aliphatic heterocycles. The van der Waals surface area contributed by atoms with Crippen molar-refractivity contribution in [1.82, 2.24) is 15.1 Å². The van der Waals surface area contributed by atoms with Gasteiger partial charge in [-0.25, -0.2) is 4.68 Å². The smallest absolute Gasteiger partial charge is 0.416 e. The van der Waals surface area contributed by atoms with Crippen LogP contribution in [0, 0.1) is 0 Å². The average molecular weight is 467 g/mol. The lowest BCUT2D eigenvalue weighted by atomic mass is 10.0. The van der Waals surface area contributed by atoms with E-state index in [2.05, 4.69) is 10.4 Å². The highest BCUT2D eigenvalue weighted by Gasteiger charge is 2.30. The van der Waals surface area contributed by atoms with Gasteiger partial charge in [0, 0.05) is 11.6 Å². The normalized spacial score (nSPS) is 11.4. The molecule has 0 spiro atoms. The van der Waals surface area contributed by atoms with E-state index >= 15 is 0 Å². The van der Waals surface area contributed by atoms with Crippen LogP contribution in [-0.4, -0.2) is 28.8 Å². The van der Waals surface area contributed by atoms with E-state index in [4.69, 9.17) is 4.74 Å². The number of alkyl halides is 3. The molecular formula is C25H20F3N3O3. The van der Waals surface area contributed by atoms with Gasteiger partial charge in [0.1, 0.15) is 18.9 Å². The van der Waals surface area contributed by atoms with E-state index in [0.717, 1.165) is 33.2 Å². The predicted molar refractivity (Wildman–Crippen MR) is 121 cm³/mol. The summed E-state index contributed by atoms with van der Waals surface area (Å²) in [5.41, 5.74) is 0.142. The molecule has 1 aromatic heterocycles. The Hall–Kier alpha value is -4.14. The minimum absolute atomic E-state index is 0.0363. The number of amides is 1. The molecule has 0 aliphatic carbocycles. The standard InChI is InChI=1S/C25H20F3N3O3/c26-25(27,28)18-7-4-8-19(15-18)34-14-13-29-23(32)16-31-24(33)12-11-22(30-31)21-10-3-6-17-5-1-2-9-20(17)21/h1-12,15H,13-14,16H2,(H,29,32). The zero-order valence-corrected chi connectivity index (χ0v) is 17.9. The minimum Gasteiger partial charge on any atom is -0.492 e. The van der Waals surface area contributed by atoms with Crippen molar-refractivity contribution >= 4 is 16.7 Å². The summed E-state index contributed by atoms with van der Waals surface area (Å²) in [5.74, 6) is -0.429. The molecule has 0 fully saturated rings. The van der Waals surface area contributed by atoms with Gasteiger partial charge in [0.15, 0.2) is 0 Å². The maximum absolute atomic E-state index is 12.8. The van der Waals surface area contributed by atoms with Crippen molar-refractivity contribution in [2.24, 2.45) is 0 Å². The number of benzene rings is 3. The van der Waals surface area contributed by atoms with Crippen molar-refractivity contribution < 1.29 is 22.7 Å². The van der Waals surface area contributed by atoms with E-state index in [1.807, 2.05) is 42.5 Å². The topological polar surface area (TPSA) is 73.2 Å². The van der Waals surface area contributed by atoms with Crippen LogP contribution < -0.4 is 15.6 Å². The van der Waals surface area contributed by atoms with Gasteiger partial charge in [-0.1, -0.05) is 48.5 Å². The Kier molecular flexibility index (Phi) is 6.62. The Morgan fingerprint density at radius 1 is 0.971 bits per heavy atom. The molecule has 174 valence electrons. The summed E-state index contributed by atoms with van der Waals surface area (Å²) >= 11 is 0. The molecule has 34 heavy (non-hydrogen) atoms. The molecule has 1 heterocycles. The number of rotatable bonds is 7. The predicted octanol–water partition coefficient (Wildman–Crippen LogP) is 4.28. The maximum atomic E-state index is 12.8. The summed E-state index contributed by atoms with van der Waals surface area (Å²) < 4.78 is 44.7. The molecule has 6 nitrogen and oxygen atoms in total. The first kappa shape index (κ1) is 23.0. The highest BCUT2D eigenvalue weighted by Crippen LogP contribution is 2.31. The van der Waals surface area contributed by atoms with E-state index in [9.17, 15) is 22.8 Å². The van der Waals surface area contributed by atoms with Crippen LogP contribution in [0.25, 0.3) is 22.0 Å². The van der Waals surface area contributed by atoms with Crippen LogP contribution in [0.3, 0.4) is 0 Å². The number of nitrogens with zero attached hydrogens (tertiary/aromatic N) is 2. The van der Waals surface area contributed by atoms with Gasteiger partial charge < -0.3 is 10.1 Å². The molecule has 0 aliphatic rings. The number of nitrogens with one attached hydrogen (secondary N) is 1. The van der Waals surface area contributed by atoms with E-state index in [1.165, 1.54) is 18.2 Å². The molecule has 1 amide bonds. The summed E-state index contributed by atoms with van der Waals surface area (Å²) in [4.78, 5) is 24.5. The van der Waals surface area contributed by atoms with Gasteiger partial charge in [0.05, 0.1) is 17.8 Å². The molecule has 0 atom stereocenters. The number of fused-ring (bicyclic) bond motifs is 1. The number of hydrogen-bond acceptors (Lipinski definition) is 4. The van der Waals surface area contributed by atoms with E-state index in [0.29, 0.717) is 5.69 Å². The van der Waals surface area contributed by atoms with Gasteiger partial charge >= 0.3 is 6.18 Å². The van der Waals surface area contributed by atoms with Crippen LogP contribution in [0.4, 0.5) is 13.2 Å². The molecule has 4 rings (SSSR count). The molecule has 3 aromatic carbocycles. The highest BCUT2D eigenvalue weighted by molar-refractivity contribution is 5.95. The zero-order chi connectivity index (χ0) is 24.1. The average Bonchev–Trinajstić information content (AvgIpc) is 2.82. The molecule has 4 aromatic rings. The first-order valence-electron chi connectivity index (χ1n) is 10.4. The molecule has 0 saturated heterocycles. The first-order chi connectivity index (χ1) is 16.3. The van der Waals surface area contributed by atoms with Gasteiger partial charge in [-0.15, -0.1) is 0 Å². The molecule has 0 bridgehead atoms. The second kappa shape index (κ2) is 9.78. The monoisotopic (exact) mass is 467 g/mol. The third kappa shape index (κ3) is 5.43. The molecule has 0 unspecified atom stereocenters. The van der Waals surface area contributed by atoms with Crippen molar-refractivity contribution in [3.63, 3.8) is 0 Å². The van der Waals surface area contributed by atoms with Gasteiger partial charge in [0.25, 0.3) is 5.56 Å². The lowest BCUT2D eigenvalue weighted by Crippen LogP contribution is -2.35. The van der Waals surface area contributed by atoms with Crippen molar-refractivity contribution in [3.8, 4) is 17.0 Å². The SMILES string of the molecule is O=C(Cn1nc(-c2cccc3ccccc23)ccc1=O)NCCOc1cccc(C(F)(F)F)c1. The Balaban J connectivity index is 1.38. The van der Waals surface area contributed by atoms with Crippen molar-refractivity contribution in [2.45, 2.75) is 12.7 Å². The van der Waals surface area contributed by atoms with Gasteiger partial charge in [-0.2, -0.15) is 18.3 Å². The molecule has 0 saturated carbocycles. The zero-order valence-electron chi connectivity index (χ0n) is 17.9. The fraction of sp³-hybridized carbons (Fsp3) is 0.160. The fourth-order valence-corrected chi connectivity index (χ4v) is 3.47. The second-order valence-electron chi connectivity index (χ2n) is 7.47. The molecule has 0 radical (unpaired) electrons. The van der Waals surface area contributed by atoms with Crippen molar-refractivity contribution in [2.75, 3.05) is 13.2 Å². The Morgan fingerprint density at radius 3 is 2.56 bits per heavy atom. The van der Waals surface area contributed by atoms with Crippen LogP contribution >= 0.6 is 0 Å². The fourth-order valence-electron chi connectivity index (χ4n) is 3.47. The molecule has 1 N–H and O–H groups in total. The highest BCUT2D eigenvalue weighted by atomic mass is 19.4. The Bertz CT molecular complexity index is 1380. The number of carbonyl (C=O) groups is 1. The van der Waals surface area contributed by atoms with Crippen LogP contribution in [0.1, 0.15) is 5.56 Å². The van der Waals surface area contributed by atoms with Crippen LogP contribution in [0.5, 0.6) is 5.75 Å². The van der Waals surface area contributed by atoms with E-state index in [-0.39, 0.29) is 25.4 Å². The minimum atomic E-state index is -4.46. The summed E-state index contributed by atoms with van der Waals surface area (Å²) in [6.07, 6.45) is -4.46. The van der Waals surface area contributed by atoms with Crippen LogP contribution in [-0.2, 0) is 17.5 Å². The third-order valence-corrected chi connectivity index (χ3v) is 5.08. The molecule has 9 heteroatoms. The first-order valence-corrected chi connectivity index (χ1v) is 10.4. The number of aromatic nitrogens is 2. The van der Waals surface area contributed by atoms with Crippen LogP contribution in [0.2, 0.25) is 0 Å². The summed E-state index contributed by atoms with van der Waals surface area (Å²) in [6.45, 7) is -0.292. The second-order valence-corrected chi connectivity index (χ2v) is 7.47. The van der Waals surface area contributed by atoms with E-state index < -0.39 is 23.2 Å². The van der Waals surface area contributed by atoms with Crippen LogP contribution in [0.15, 0.2) is 83.7 Å². The lowest BCUT2D eigenvalue weighted by molar-refractivity contribution is -0.137. The summed E-state index contributed by atoms with van der Waals surface area (Å²) in [6, 6.07) is 21.0. The molecular weight excluding hydrogens is 447 g/mol. The number of ether oxygens (including phenoxy) is 1. The third-order valence-electron chi connectivity index (χ3n) is 5.08. The number of halogens is 3. The van der Waals surface area contributed by atoms with Gasteiger partial charge in [-0.3, -0.25) is 9.59 Å². The van der Waals surface area contributed by atoms with Crippen molar-refractivity contribution in [3.05, 3.63) is 94.8 Å². The Morgan fingerprint density at radius 2 is 1.74 bits per heavy atom. The number of carbonyl (C=O) groups excluding carboxylic acids is 1. The summed E-state index contributed by atoms with van der Waals surface area (Å²) in [5, 5.41) is 8.92. The van der Waals surface area contributed by atoms with Crippen molar-refractivity contribution in [1.29, 1.82) is 0 Å². The maximum Gasteiger partial charge on any atom is 0.416 e. The van der Waals surface area contributed by atoms with Gasteiger partial charge in [-0.05, 0) is 35.0 Å².